The molecule has 1 unspecified atom stereocenters. The quantitative estimate of drug-likeness (QED) is 0.801. The molecule has 1 atom stereocenters. The van der Waals surface area contributed by atoms with Gasteiger partial charge in [0.15, 0.2) is 0 Å². The maximum atomic E-state index is 12.5. The van der Waals surface area contributed by atoms with Crippen LogP contribution < -0.4 is 9.47 Å². The Kier molecular flexibility index (Phi) is 5.36. The van der Waals surface area contributed by atoms with Crippen molar-refractivity contribution in [3.63, 3.8) is 0 Å². The van der Waals surface area contributed by atoms with Crippen molar-refractivity contribution in [2.75, 3.05) is 19.7 Å². The molecule has 0 amide bonds. The highest BCUT2D eigenvalue weighted by atomic mass is 19.3. The van der Waals surface area contributed by atoms with Crippen LogP contribution in [0, 0.1) is 17.8 Å². The maximum Gasteiger partial charge on any atom is 0.387 e. The van der Waals surface area contributed by atoms with E-state index in [4.69, 9.17) is 9.84 Å². The van der Waals surface area contributed by atoms with Crippen molar-refractivity contribution < 1.29 is 28.2 Å². The maximum absolute atomic E-state index is 12.5. The average molecular weight is 399 g/mol. The molecule has 2 aromatic rings. The molecule has 2 aliphatic rings. The Hall–Kier alpha value is -3.11. The van der Waals surface area contributed by atoms with Crippen molar-refractivity contribution in [3.8, 4) is 23.3 Å². The van der Waals surface area contributed by atoms with Crippen molar-refractivity contribution in [2.24, 2.45) is 5.92 Å². The van der Waals surface area contributed by atoms with Gasteiger partial charge < -0.3 is 14.6 Å². The van der Waals surface area contributed by atoms with Crippen LogP contribution in [0.5, 0.6) is 11.5 Å². The Bertz CT molecular complexity index is 976. The van der Waals surface area contributed by atoms with Crippen molar-refractivity contribution in [3.05, 3.63) is 59.2 Å². The first-order valence-corrected chi connectivity index (χ1v) is 9.28. The zero-order valence-electron chi connectivity index (χ0n) is 15.5. The summed E-state index contributed by atoms with van der Waals surface area (Å²) in [6.45, 7) is -1.29. The molecule has 4 rings (SSSR count). The number of rotatable bonds is 4. The van der Waals surface area contributed by atoms with Crippen LogP contribution in [-0.4, -0.2) is 48.3 Å². The fourth-order valence-corrected chi connectivity index (χ4v) is 3.54. The summed E-state index contributed by atoms with van der Waals surface area (Å²) in [5, 5.41) is 9.01. The number of aliphatic carboxylic acids is 1. The molecule has 2 heterocycles. The third-order valence-corrected chi connectivity index (χ3v) is 5.17. The standard InChI is InChI=1S/C22H19F2NO4/c23-22(24)29-19-4-2-1-3-15(19)7-5-14-6-8-16-10-18(13-28-20(16)9-14)25-11-17(12-25)21(26)27/h1-4,6,8-9,17-18,22H,10-13H2,(H,26,27). The van der Waals surface area contributed by atoms with Crippen LogP contribution in [-0.2, 0) is 11.2 Å². The van der Waals surface area contributed by atoms with Gasteiger partial charge in [-0.1, -0.05) is 30.0 Å². The van der Waals surface area contributed by atoms with Crippen LogP contribution in [0.15, 0.2) is 42.5 Å². The lowest BCUT2D eigenvalue weighted by molar-refractivity contribution is -0.149. The smallest absolute Gasteiger partial charge is 0.387 e. The van der Waals surface area contributed by atoms with E-state index >= 15 is 0 Å². The number of carboxylic acid groups (broad SMARTS) is 1. The van der Waals surface area contributed by atoms with Gasteiger partial charge in [-0.05, 0) is 36.2 Å². The zero-order chi connectivity index (χ0) is 20.4. The van der Waals surface area contributed by atoms with Crippen molar-refractivity contribution in [1.29, 1.82) is 0 Å². The van der Waals surface area contributed by atoms with Gasteiger partial charge >= 0.3 is 12.6 Å². The zero-order valence-corrected chi connectivity index (χ0v) is 15.5. The summed E-state index contributed by atoms with van der Waals surface area (Å²) in [5.74, 6) is 5.60. The summed E-state index contributed by atoms with van der Waals surface area (Å²) < 4.78 is 35.4. The van der Waals surface area contributed by atoms with Crippen LogP contribution >= 0.6 is 0 Å². The predicted molar refractivity (Wildman–Crippen MR) is 101 cm³/mol. The second-order valence-electron chi connectivity index (χ2n) is 7.11. The van der Waals surface area contributed by atoms with Crippen molar-refractivity contribution in [2.45, 2.75) is 19.1 Å². The minimum absolute atomic E-state index is 0.0428. The molecule has 0 aliphatic carbocycles. The van der Waals surface area contributed by atoms with Gasteiger partial charge in [-0.25, -0.2) is 0 Å². The van der Waals surface area contributed by atoms with Gasteiger partial charge in [0.05, 0.1) is 11.5 Å². The lowest BCUT2D eigenvalue weighted by Gasteiger charge is -2.43. The number of nitrogens with zero attached hydrogens (tertiary/aromatic N) is 1. The van der Waals surface area contributed by atoms with E-state index in [2.05, 4.69) is 21.5 Å². The first-order chi connectivity index (χ1) is 14.0. The van der Waals surface area contributed by atoms with Gasteiger partial charge in [-0.3, -0.25) is 9.69 Å². The molecule has 150 valence electrons. The fraction of sp³-hybridized carbons (Fsp3) is 0.318. The average Bonchev–Trinajstić information content (AvgIpc) is 2.65. The number of hydrogen-bond donors (Lipinski definition) is 1. The Morgan fingerprint density at radius 1 is 1.21 bits per heavy atom. The molecule has 1 saturated heterocycles. The van der Waals surface area contributed by atoms with E-state index in [1.54, 1.807) is 18.2 Å². The van der Waals surface area contributed by atoms with E-state index in [9.17, 15) is 13.6 Å². The molecule has 0 saturated carbocycles. The summed E-state index contributed by atoms with van der Waals surface area (Å²) >= 11 is 0. The Morgan fingerprint density at radius 3 is 2.76 bits per heavy atom. The molecule has 1 fully saturated rings. The second kappa shape index (κ2) is 8.10. The molecule has 0 bridgehead atoms. The molecule has 0 aromatic heterocycles. The second-order valence-corrected chi connectivity index (χ2v) is 7.11. The van der Waals surface area contributed by atoms with Crippen LogP contribution in [0.2, 0.25) is 0 Å². The van der Waals surface area contributed by atoms with E-state index in [1.807, 2.05) is 18.2 Å². The van der Waals surface area contributed by atoms with E-state index in [1.165, 1.54) is 6.07 Å². The number of carboxylic acids is 1. The topological polar surface area (TPSA) is 59.0 Å². The van der Waals surface area contributed by atoms with Gasteiger partial charge in [0, 0.05) is 24.7 Å². The Balaban J connectivity index is 1.45. The lowest BCUT2D eigenvalue weighted by Crippen LogP contribution is -2.57. The van der Waals surface area contributed by atoms with Crippen LogP contribution in [0.25, 0.3) is 0 Å². The monoisotopic (exact) mass is 399 g/mol. The van der Waals surface area contributed by atoms with Crippen LogP contribution in [0.1, 0.15) is 16.7 Å². The number of benzene rings is 2. The normalized spacial score (nSPS) is 18.8. The first kappa shape index (κ1) is 19.2. The molecule has 2 aliphatic heterocycles. The summed E-state index contributed by atoms with van der Waals surface area (Å²) in [7, 11) is 0. The number of ether oxygens (including phenoxy) is 2. The molecular weight excluding hydrogens is 380 g/mol. The summed E-state index contributed by atoms with van der Waals surface area (Å²) in [4.78, 5) is 13.1. The third-order valence-electron chi connectivity index (χ3n) is 5.17. The molecule has 2 aromatic carbocycles. The molecule has 0 spiro atoms. The Morgan fingerprint density at radius 2 is 2.00 bits per heavy atom. The summed E-state index contributed by atoms with van der Waals surface area (Å²) in [6.07, 6.45) is 0.792. The summed E-state index contributed by atoms with van der Waals surface area (Å²) in [6, 6.07) is 12.2. The SMILES string of the molecule is O=C(O)C1CN(C2COc3cc(C#Cc4ccccc4OC(F)F)ccc3C2)C1. The number of halogens is 2. The molecular formula is C22H19F2NO4. The Labute approximate surface area is 166 Å². The minimum Gasteiger partial charge on any atom is -0.492 e. The molecule has 0 radical (unpaired) electrons. The number of carbonyl (C=O) groups is 1. The number of fused-ring (bicyclic) bond motifs is 1. The highest BCUT2D eigenvalue weighted by Crippen LogP contribution is 2.30. The predicted octanol–water partition coefficient (Wildman–Crippen LogP) is 3.01. The number of hydrogen-bond acceptors (Lipinski definition) is 4. The van der Waals surface area contributed by atoms with Crippen LogP contribution in [0.4, 0.5) is 8.78 Å². The highest BCUT2D eigenvalue weighted by molar-refractivity contribution is 5.71. The number of likely N-dealkylation sites (tertiary alicyclic amines) is 1. The van der Waals surface area contributed by atoms with Gasteiger partial charge in [0.25, 0.3) is 0 Å². The third kappa shape index (κ3) is 4.33. The minimum atomic E-state index is -2.90. The lowest BCUT2D eigenvalue weighted by atomic mass is 9.93. The fourth-order valence-electron chi connectivity index (χ4n) is 3.54. The van der Waals surface area contributed by atoms with E-state index in [0.717, 1.165) is 17.7 Å². The number of alkyl halides is 2. The van der Waals surface area contributed by atoms with E-state index in [-0.39, 0.29) is 17.7 Å². The molecule has 1 N–H and O–H groups in total. The van der Waals surface area contributed by atoms with Gasteiger partial charge in [-0.15, -0.1) is 0 Å². The van der Waals surface area contributed by atoms with E-state index < -0.39 is 12.6 Å². The molecule has 7 heteroatoms. The number of para-hydroxylation sites is 1. The highest BCUT2D eigenvalue weighted by Gasteiger charge is 2.38. The van der Waals surface area contributed by atoms with Gasteiger partial charge in [0.1, 0.15) is 18.1 Å². The van der Waals surface area contributed by atoms with Crippen molar-refractivity contribution >= 4 is 5.97 Å². The van der Waals surface area contributed by atoms with Gasteiger partial charge in [-0.2, -0.15) is 8.78 Å². The largest absolute Gasteiger partial charge is 0.492 e. The molecule has 5 nitrogen and oxygen atoms in total. The van der Waals surface area contributed by atoms with Crippen molar-refractivity contribution in [1.82, 2.24) is 4.90 Å². The first-order valence-electron chi connectivity index (χ1n) is 9.28. The summed E-state index contributed by atoms with van der Waals surface area (Å²) in [5.41, 5.74) is 2.15. The van der Waals surface area contributed by atoms with E-state index in [0.29, 0.717) is 30.8 Å². The van der Waals surface area contributed by atoms with Gasteiger partial charge in [0.2, 0.25) is 0 Å². The molecule has 29 heavy (non-hydrogen) atoms. The van der Waals surface area contributed by atoms with Crippen LogP contribution in [0.3, 0.4) is 0 Å².